The summed E-state index contributed by atoms with van der Waals surface area (Å²) in [6.07, 6.45) is 6.14. The molecule has 0 aromatic carbocycles. The molecule has 84 valence electrons. The zero-order valence-electron chi connectivity index (χ0n) is 10.4. The Bertz CT molecular complexity index is 139. The molecule has 0 saturated heterocycles. The fourth-order valence-electron chi connectivity index (χ4n) is 1.83. The minimum atomic E-state index is -0.728. The topological polar surface area (TPSA) is 3.24 Å². The summed E-state index contributed by atoms with van der Waals surface area (Å²) in [4.78, 5) is 0. The molecule has 0 rings (SSSR count). The fourth-order valence-corrected chi connectivity index (χ4v) is 4.63. The molecule has 0 spiro atoms. The van der Waals surface area contributed by atoms with Crippen LogP contribution in [0.2, 0.25) is 6.04 Å². The lowest BCUT2D eigenvalue weighted by Gasteiger charge is -2.27. The molecule has 2 heteroatoms. The van der Waals surface area contributed by atoms with E-state index in [4.69, 9.17) is 0 Å². The summed E-state index contributed by atoms with van der Waals surface area (Å²) in [5.74, 6) is 0. The van der Waals surface area contributed by atoms with Gasteiger partial charge in [0.15, 0.2) is 0 Å². The van der Waals surface area contributed by atoms with Crippen LogP contribution in [-0.2, 0) is 0 Å². The van der Waals surface area contributed by atoms with E-state index >= 15 is 0 Å². The van der Waals surface area contributed by atoms with E-state index in [9.17, 15) is 0 Å². The Kier molecular flexibility index (Phi) is 9.41. The summed E-state index contributed by atoms with van der Waals surface area (Å²) in [5, 5.41) is 0. The molecule has 0 bridgehead atoms. The molecular formula is C12H27NSi. The van der Waals surface area contributed by atoms with Gasteiger partial charge in [0.25, 0.3) is 0 Å². The summed E-state index contributed by atoms with van der Waals surface area (Å²) in [6, 6.07) is 1.37. The molecule has 0 aliphatic rings. The molecule has 0 N–H and O–H groups in total. The molecule has 0 radical (unpaired) electrons. The third kappa shape index (κ3) is 5.61. The normalized spacial score (nSPS) is 14.1. The number of allylic oxidation sites excluding steroid dienone is 1. The number of hydrogen-bond acceptors (Lipinski definition) is 1. The SMILES string of the molecule is CCC=C[SiH](CC)N(CCC)CCC. The van der Waals surface area contributed by atoms with Gasteiger partial charge in [-0.05, 0) is 38.4 Å². The van der Waals surface area contributed by atoms with E-state index in [2.05, 4.69) is 44.0 Å². The Morgan fingerprint density at radius 2 is 1.57 bits per heavy atom. The van der Waals surface area contributed by atoms with Crippen molar-refractivity contribution in [2.45, 2.75) is 53.0 Å². The Morgan fingerprint density at radius 3 is 1.93 bits per heavy atom. The van der Waals surface area contributed by atoms with Crippen molar-refractivity contribution in [3.63, 3.8) is 0 Å². The predicted molar refractivity (Wildman–Crippen MR) is 69.2 cm³/mol. The largest absolute Gasteiger partial charge is 0.323 e. The van der Waals surface area contributed by atoms with Crippen molar-refractivity contribution in [3.8, 4) is 0 Å². The highest BCUT2D eigenvalue weighted by molar-refractivity contribution is 6.61. The standard InChI is InChI=1S/C12H27NSi/c1-5-9-12-14(8-4)13(10-6-2)11-7-3/h9,12,14H,5-8,10-11H2,1-4H3. The van der Waals surface area contributed by atoms with Gasteiger partial charge in [0.2, 0.25) is 0 Å². The van der Waals surface area contributed by atoms with Gasteiger partial charge in [-0.3, -0.25) is 0 Å². The Labute approximate surface area is 91.9 Å². The van der Waals surface area contributed by atoms with Crippen LogP contribution in [0.1, 0.15) is 47.0 Å². The van der Waals surface area contributed by atoms with Crippen molar-refractivity contribution in [3.05, 3.63) is 11.8 Å². The lowest BCUT2D eigenvalue weighted by molar-refractivity contribution is 0.432. The van der Waals surface area contributed by atoms with Gasteiger partial charge in [0.05, 0.1) is 0 Å². The summed E-state index contributed by atoms with van der Waals surface area (Å²) >= 11 is 0. The van der Waals surface area contributed by atoms with Gasteiger partial charge in [0, 0.05) is 0 Å². The maximum Gasteiger partial charge on any atom is 0.135 e. The van der Waals surface area contributed by atoms with Gasteiger partial charge < -0.3 is 4.57 Å². The van der Waals surface area contributed by atoms with Gasteiger partial charge in [-0.25, -0.2) is 0 Å². The molecular weight excluding hydrogens is 186 g/mol. The lowest BCUT2D eigenvalue weighted by Crippen LogP contribution is -2.38. The van der Waals surface area contributed by atoms with Crippen LogP contribution in [0.3, 0.4) is 0 Å². The fraction of sp³-hybridized carbons (Fsp3) is 0.833. The third-order valence-electron chi connectivity index (χ3n) is 2.50. The van der Waals surface area contributed by atoms with E-state index in [0.29, 0.717) is 0 Å². The second-order valence-corrected chi connectivity index (χ2v) is 6.91. The molecule has 0 aliphatic carbocycles. The van der Waals surface area contributed by atoms with Crippen LogP contribution < -0.4 is 0 Å². The number of rotatable bonds is 8. The predicted octanol–water partition coefficient (Wildman–Crippen LogP) is 3.36. The van der Waals surface area contributed by atoms with Crippen molar-refractivity contribution < 1.29 is 0 Å². The monoisotopic (exact) mass is 213 g/mol. The third-order valence-corrected chi connectivity index (χ3v) is 5.51. The van der Waals surface area contributed by atoms with Crippen LogP contribution >= 0.6 is 0 Å². The van der Waals surface area contributed by atoms with E-state index in [0.717, 1.165) is 0 Å². The molecule has 0 fully saturated rings. The van der Waals surface area contributed by atoms with Crippen molar-refractivity contribution in [1.82, 2.24) is 4.57 Å². The average Bonchev–Trinajstić information content (AvgIpc) is 2.19. The van der Waals surface area contributed by atoms with Gasteiger partial charge in [-0.15, -0.1) is 0 Å². The van der Waals surface area contributed by atoms with E-state index in [-0.39, 0.29) is 0 Å². The maximum absolute atomic E-state index is 2.74. The first kappa shape index (κ1) is 13.9. The smallest absolute Gasteiger partial charge is 0.135 e. The number of hydrogen-bond donors (Lipinski definition) is 0. The van der Waals surface area contributed by atoms with Crippen molar-refractivity contribution in [2.24, 2.45) is 0 Å². The minimum Gasteiger partial charge on any atom is -0.323 e. The summed E-state index contributed by atoms with van der Waals surface area (Å²) in [5.41, 5.74) is 2.52. The zero-order valence-corrected chi connectivity index (χ0v) is 11.6. The zero-order chi connectivity index (χ0) is 10.8. The van der Waals surface area contributed by atoms with Crippen LogP contribution in [-0.4, -0.2) is 26.6 Å². The second-order valence-electron chi connectivity index (χ2n) is 3.85. The molecule has 14 heavy (non-hydrogen) atoms. The van der Waals surface area contributed by atoms with Gasteiger partial charge in [-0.2, -0.15) is 0 Å². The first-order valence-electron chi connectivity index (χ1n) is 6.20. The quantitative estimate of drug-likeness (QED) is 0.559. The maximum atomic E-state index is 2.74. The van der Waals surface area contributed by atoms with Gasteiger partial charge in [-0.1, -0.05) is 39.5 Å². The molecule has 0 aromatic rings. The molecule has 0 saturated carbocycles. The van der Waals surface area contributed by atoms with E-state index in [1.807, 2.05) is 0 Å². The summed E-state index contributed by atoms with van der Waals surface area (Å²) in [6.45, 7) is 11.7. The highest BCUT2D eigenvalue weighted by Crippen LogP contribution is 2.05. The van der Waals surface area contributed by atoms with Crippen molar-refractivity contribution in [2.75, 3.05) is 13.1 Å². The van der Waals surface area contributed by atoms with E-state index in [1.165, 1.54) is 38.4 Å². The van der Waals surface area contributed by atoms with Crippen LogP contribution in [0.4, 0.5) is 0 Å². The van der Waals surface area contributed by atoms with Crippen molar-refractivity contribution in [1.29, 1.82) is 0 Å². The molecule has 1 unspecified atom stereocenters. The van der Waals surface area contributed by atoms with E-state index < -0.39 is 8.96 Å². The van der Waals surface area contributed by atoms with Crippen LogP contribution in [0.5, 0.6) is 0 Å². The Balaban J connectivity index is 4.17. The van der Waals surface area contributed by atoms with Crippen molar-refractivity contribution >= 4 is 8.96 Å². The first-order chi connectivity index (χ1) is 6.79. The van der Waals surface area contributed by atoms with Gasteiger partial charge >= 0.3 is 0 Å². The highest BCUT2D eigenvalue weighted by atomic mass is 28.3. The van der Waals surface area contributed by atoms with Crippen LogP contribution in [0.25, 0.3) is 0 Å². The van der Waals surface area contributed by atoms with E-state index in [1.54, 1.807) is 0 Å². The Hall–Kier alpha value is -0.0831. The highest BCUT2D eigenvalue weighted by Gasteiger charge is 2.13. The summed E-state index contributed by atoms with van der Waals surface area (Å²) < 4.78 is 2.74. The Morgan fingerprint density at radius 1 is 1.00 bits per heavy atom. The average molecular weight is 213 g/mol. The lowest BCUT2D eigenvalue weighted by atomic mass is 10.4. The second kappa shape index (κ2) is 9.47. The van der Waals surface area contributed by atoms with Crippen LogP contribution in [0, 0.1) is 0 Å². The molecule has 1 atom stereocenters. The molecule has 0 amide bonds. The molecule has 1 nitrogen and oxygen atoms in total. The molecule has 0 heterocycles. The molecule has 0 aliphatic heterocycles. The summed E-state index contributed by atoms with van der Waals surface area (Å²) in [7, 11) is -0.728. The first-order valence-corrected chi connectivity index (χ1v) is 8.20. The van der Waals surface area contributed by atoms with Crippen LogP contribution in [0.15, 0.2) is 11.8 Å². The minimum absolute atomic E-state index is 0.728. The molecule has 0 aromatic heterocycles. The number of nitrogens with zero attached hydrogens (tertiary/aromatic N) is 1. The van der Waals surface area contributed by atoms with Gasteiger partial charge in [0.1, 0.15) is 8.96 Å².